The van der Waals surface area contributed by atoms with Crippen LogP contribution in [0.3, 0.4) is 0 Å². The summed E-state index contributed by atoms with van der Waals surface area (Å²) in [5.74, 6) is 3.02. The van der Waals surface area contributed by atoms with Crippen molar-refractivity contribution in [3.05, 3.63) is 0 Å². The number of carbonyl (C=O) groups excluding carboxylic acids is 1. The molecule has 0 saturated carbocycles. The van der Waals surface area contributed by atoms with E-state index >= 15 is 0 Å². The molecule has 1 rings (SSSR count). The summed E-state index contributed by atoms with van der Waals surface area (Å²) in [6.45, 7) is 6.18. The molecular formula is C13H23N3O. The highest BCUT2D eigenvalue weighted by molar-refractivity contribution is 5.81. The Morgan fingerprint density at radius 1 is 1.53 bits per heavy atom. The minimum atomic E-state index is -0.0996. The molecule has 0 spiro atoms. The van der Waals surface area contributed by atoms with Crippen molar-refractivity contribution in [3.63, 3.8) is 0 Å². The van der Waals surface area contributed by atoms with Crippen LogP contribution in [-0.2, 0) is 4.79 Å². The first-order chi connectivity index (χ1) is 8.06. The van der Waals surface area contributed by atoms with E-state index in [1.54, 1.807) is 0 Å². The van der Waals surface area contributed by atoms with Crippen LogP contribution in [-0.4, -0.2) is 42.5 Å². The van der Waals surface area contributed by atoms with Crippen LogP contribution < -0.4 is 11.1 Å². The van der Waals surface area contributed by atoms with Crippen LogP contribution in [0.4, 0.5) is 0 Å². The van der Waals surface area contributed by atoms with Crippen LogP contribution in [0.2, 0.25) is 0 Å². The molecule has 0 aromatic rings. The molecule has 1 saturated heterocycles. The number of nitrogens with one attached hydrogen (secondary N) is 1. The SMILES string of the molecule is C#CCNC(=O)C(C)N1CCC(C(C)N)CC1. The first kappa shape index (κ1) is 14.0. The number of likely N-dealkylation sites (tertiary alicyclic amines) is 1. The van der Waals surface area contributed by atoms with Crippen LogP contribution in [0.5, 0.6) is 0 Å². The van der Waals surface area contributed by atoms with E-state index in [1.165, 1.54) is 0 Å². The molecule has 1 heterocycles. The Labute approximate surface area is 104 Å². The second-order valence-electron chi connectivity index (χ2n) is 4.83. The van der Waals surface area contributed by atoms with E-state index in [4.69, 9.17) is 12.2 Å². The van der Waals surface area contributed by atoms with Crippen molar-refractivity contribution >= 4 is 5.91 Å². The Hall–Kier alpha value is -1.05. The third-order valence-corrected chi connectivity index (χ3v) is 3.61. The first-order valence-electron chi connectivity index (χ1n) is 6.27. The van der Waals surface area contributed by atoms with Crippen molar-refractivity contribution in [3.8, 4) is 12.3 Å². The quantitative estimate of drug-likeness (QED) is 0.686. The topological polar surface area (TPSA) is 58.4 Å². The van der Waals surface area contributed by atoms with Crippen LogP contribution in [0, 0.1) is 18.3 Å². The van der Waals surface area contributed by atoms with Gasteiger partial charge in [-0.1, -0.05) is 5.92 Å². The van der Waals surface area contributed by atoms with Gasteiger partial charge in [-0.15, -0.1) is 6.42 Å². The lowest BCUT2D eigenvalue weighted by Gasteiger charge is -2.36. The number of terminal acetylenes is 1. The number of rotatable bonds is 4. The van der Waals surface area contributed by atoms with Gasteiger partial charge in [-0.25, -0.2) is 0 Å². The number of hydrogen-bond donors (Lipinski definition) is 2. The number of hydrogen-bond acceptors (Lipinski definition) is 3. The first-order valence-corrected chi connectivity index (χ1v) is 6.27. The molecule has 0 aliphatic carbocycles. The number of amides is 1. The Morgan fingerprint density at radius 3 is 2.59 bits per heavy atom. The van der Waals surface area contributed by atoms with E-state index in [-0.39, 0.29) is 18.0 Å². The second-order valence-corrected chi connectivity index (χ2v) is 4.83. The largest absolute Gasteiger partial charge is 0.344 e. The maximum Gasteiger partial charge on any atom is 0.237 e. The third kappa shape index (κ3) is 4.03. The van der Waals surface area contributed by atoms with Crippen LogP contribution in [0.25, 0.3) is 0 Å². The summed E-state index contributed by atoms with van der Waals surface area (Å²) in [6, 6.07) is 0.153. The molecule has 0 aromatic carbocycles. The van der Waals surface area contributed by atoms with Gasteiger partial charge in [0.2, 0.25) is 5.91 Å². The monoisotopic (exact) mass is 237 g/mol. The normalized spacial score (nSPS) is 21.5. The molecule has 0 aromatic heterocycles. The molecule has 1 aliphatic heterocycles. The minimum absolute atomic E-state index is 0.0159. The van der Waals surface area contributed by atoms with Gasteiger partial charge in [0.15, 0.2) is 0 Å². The molecular weight excluding hydrogens is 214 g/mol. The van der Waals surface area contributed by atoms with Crippen LogP contribution in [0.1, 0.15) is 26.7 Å². The van der Waals surface area contributed by atoms with Gasteiger partial charge in [0.05, 0.1) is 12.6 Å². The Balaban J connectivity index is 2.38. The zero-order valence-corrected chi connectivity index (χ0v) is 10.8. The Morgan fingerprint density at radius 2 is 2.12 bits per heavy atom. The summed E-state index contributed by atoms with van der Waals surface area (Å²) in [6.07, 6.45) is 7.26. The van der Waals surface area contributed by atoms with Gasteiger partial charge in [-0.3, -0.25) is 9.69 Å². The number of nitrogens with zero attached hydrogens (tertiary/aromatic N) is 1. The molecule has 4 heteroatoms. The zero-order valence-electron chi connectivity index (χ0n) is 10.8. The van der Waals surface area contributed by atoms with Crippen LogP contribution in [0.15, 0.2) is 0 Å². The van der Waals surface area contributed by atoms with Crippen molar-refractivity contribution in [1.82, 2.24) is 10.2 Å². The predicted molar refractivity (Wildman–Crippen MR) is 69.3 cm³/mol. The maximum atomic E-state index is 11.7. The van der Waals surface area contributed by atoms with Gasteiger partial charge in [0, 0.05) is 6.04 Å². The lowest BCUT2D eigenvalue weighted by Crippen LogP contribution is -2.49. The van der Waals surface area contributed by atoms with Gasteiger partial charge in [-0.2, -0.15) is 0 Å². The Kier molecular flexibility index (Phi) is 5.46. The second kappa shape index (κ2) is 6.63. The minimum Gasteiger partial charge on any atom is -0.344 e. The summed E-state index contributed by atoms with van der Waals surface area (Å²) in [7, 11) is 0. The summed E-state index contributed by atoms with van der Waals surface area (Å²) in [5, 5.41) is 2.72. The van der Waals surface area contributed by atoms with Crippen molar-refractivity contribution in [1.29, 1.82) is 0 Å². The third-order valence-electron chi connectivity index (χ3n) is 3.61. The number of piperidine rings is 1. The molecule has 0 bridgehead atoms. The van der Waals surface area contributed by atoms with Crippen molar-refractivity contribution in [2.45, 2.75) is 38.8 Å². The fourth-order valence-electron chi connectivity index (χ4n) is 2.28. The zero-order chi connectivity index (χ0) is 12.8. The van der Waals surface area contributed by atoms with E-state index in [9.17, 15) is 4.79 Å². The lowest BCUT2D eigenvalue weighted by molar-refractivity contribution is -0.126. The molecule has 3 N–H and O–H groups in total. The molecule has 1 amide bonds. The fourth-order valence-corrected chi connectivity index (χ4v) is 2.28. The smallest absolute Gasteiger partial charge is 0.237 e. The summed E-state index contributed by atoms with van der Waals surface area (Å²) < 4.78 is 0. The van der Waals surface area contributed by atoms with Gasteiger partial charge < -0.3 is 11.1 Å². The average molecular weight is 237 g/mol. The maximum absolute atomic E-state index is 11.7. The summed E-state index contributed by atoms with van der Waals surface area (Å²) >= 11 is 0. The van der Waals surface area contributed by atoms with Gasteiger partial charge in [0.25, 0.3) is 0 Å². The lowest BCUT2D eigenvalue weighted by atomic mass is 9.90. The molecule has 2 atom stereocenters. The number of nitrogens with two attached hydrogens (primary N) is 1. The molecule has 0 radical (unpaired) electrons. The van der Waals surface area contributed by atoms with Crippen molar-refractivity contribution in [2.24, 2.45) is 11.7 Å². The van der Waals surface area contributed by atoms with E-state index in [2.05, 4.69) is 23.1 Å². The molecule has 96 valence electrons. The van der Waals surface area contributed by atoms with Crippen LogP contribution >= 0.6 is 0 Å². The highest BCUT2D eigenvalue weighted by Gasteiger charge is 2.27. The fraction of sp³-hybridized carbons (Fsp3) is 0.769. The van der Waals surface area contributed by atoms with E-state index in [0.717, 1.165) is 25.9 Å². The molecule has 2 unspecified atom stereocenters. The Bertz CT molecular complexity index is 288. The number of carbonyl (C=O) groups is 1. The molecule has 1 fully saturated rings. The van der Waals surface area contributed by atoms with Gasteiger partial charge in [-0.05, 0) is 45.7 Å². The van der Waals surface area contributed by atoms with E-state index in [0.29, 0.717) is 12.5 Å². The predicted octanol–water partition coefficient (Wildman–Crippen LogP) is 0.184. The highest BCUT2D eigenvalue weighted by atomic mass is 16.2. The highest BCUT2D eigenvalue weighted by Crippen LogP contribution is 2.20. The van der Waals surface area contributed by atoms with Crippen molar-refractivity contribution in [2.75, 3.05) is 19.6 Å². The molecule has 17 heavy (non-hydrogen) atoms. The average Bonchev–Trinajstić information content (AvgIpc) is 2.35. The summed E-state index contributed by atoms with van der Waals surface area (Å²) in [5.41, 5.74) is 5.89. The van der Waals surface area contributed by atoms with E-state index < -0.39 is 0 Å². The molecule has 4 nitrogen and oxygen atoms in total. The molecule has 1 aliphatic rings. The summed E-state index contributed by atoms with van der Waals surface area (Å²) in [4.78, 5) is 13.9. The van der Waals surface area contributed by atoms with E-state index in [1.807, 2.05) is 6.92 Å². The van der Waals surface area contributed by atoms with Gasteiger partial charge >= 0.3 is 0 Å². The standard InChI is InChI=1S/C13H23N3O/c1-4-7-15-13(17)11(3)16-8-5-12(6-9-16)10(2)14/h1,10-12H,5-9,14H2,2-3H3,(H,15,17). The van der Waals surface area contributed by atoms with Crippen molar-refractivity contribution < 1.29 is 4.79 Å². The van der Waals surface area contributed by atoms with Gasteiger partial charge in [0.1, 0.15) is 0 Å².